The van der Waals surface area contributed by atoms with Crippen LogP contribution in [-0.4, -0.2) is 23.0 Å². The van der Waals surface area contributed by atoms with Crippen LogP contribution in [0.4, 0.5) is 4.39 Å². The van der Waals surface area contributed by atoms with Gasteiger partial charge in [0.05, 0.1) is 10.6 Å². The van der Waals surface area contributed by atoms with Gasteiger partial charge in [-0.1, -0.05) is 36.9 Å². The number of carbonyl (C=O) groups is 2. The molecule has 6 heteroatoms. The molecule has 0 saturated heterocycles. The van der Waals surface area contributed by atoms with Crippen LogP contribution in [0.15, 0.2) is 18.2 Å². The first-order valence-corrected chi connectivity index (χ1v) is 7.36. The van der Waals surface area contributed by atoms with E-state index in [1.807, 2.05) is 0 Å². The highest BCUT2D eigenvalue weighted by Crippen LogP contribution is 2.27. The zero-order valence-electron chi connectivity index (χ0n) is 11.4. The molecule has 2 N–H and O–H groups in total. The normalized spacial score (nSPS) is 17.2. The topological polar surface area (TPSA) is 66.4 Å². The van der Waals surface area contributed by atoms with E-state index in [2.05, 4.69) is 5.32 Å². The lowest BCUT2D eigenvalue weighted by Crippen LogP contribution is -2.46. The van der Waals surface area contributed by atoms with Crippen molar-refractivity contribution >= 4 is 23.5 Å². The van der Waals surface area contributed by atoms with Crippen LogP contribution in [0.3, 0.4) is 0 Å². The Morgan fingerprint density at radius 2 is 1.95 bits per heavy atom. The van der Waals surface area contributed by atoms with Crippen LogP contribution in [0, 0.1) is 11.7 Å². The first-order chi connectivity index (χ1) is 10.0. The number of carboxylic acids is 1. The van der Waals surface area contributed by atoms with Crippen molar-refractivity contribution in [2.75, 3.05) is 0 Å². The van der Waals surface area contributed by atoms with Gasteiger partial charge >= 0.3 is 5.97 Å². The third kappa shape index (κ3) is 3.73. The molecule has 0 spiro atoms. The highest BCUT2D eigenvalue weighted by Gasteiger charge is 2.31. The smallest absolute Gasteiger partial charge is 0.326 e. The summed E-state index contributed by atoms with van der Waals surface area (Å²) in [7, 11) is 0. The monoisotopic (exact) mass is 313 g/mol. The number of rotatable bonds is 4. The van der Waals surface area contributed by atoms with E-state index >= 15 is 0 Å². The van der Waals surface area contributed by atoms with Crippen LogP contribution in [0.25, 0.3) is 0 Å². The van der Waals surface area contributed by atoms with E-state index in [0.29, 0.717) is 0 Å². The summed E-state index contributed by atoms with van der Waals surface area (Å²) in [5.74, 6) is -2.51. The number of halogens is 2. The molecule has 0 bridgehead atoms. The van der Waals surface area contributed by atoms with Gasteiger partial charge in [-0.15, -0.1) is 0 Å². The predicted octanol–water partition coefficient (Wildman–Crippen LogP) is 3.24. The van der Waals surface area contributed by atoms with Crippen LogP contribution in [0.5, 0.6) is 0 Å². The lowest BCUT2D eigenvalue weighted by Gasteiger charge is -2.28. The molecule has 1 aliphatic rings. The van der Waals surface area contributed by atoms with Crippen molar-refractivity contribution in [3.63, 3.8) is 0 Å². The highest BCUT2D eigenvalue weighted by atomic mass is 35.5. The summed E-state index contributed by atoms with van der Waals surface area (Å²) < 4.78 is 13.4. The molecule has 0 radical (unpaired) electrons. The predicted molar refractivity (Wildman–Crippen MR) is 76.9 cm³/mol. The maximum absolute atomic E-state index is 13.4. The maximum Gasteiger partial charge on any atom is 0.326 e. The largest absolute Gasteiger partial charge is 0.480 e. The number of amides is 1. The summed E-state index contributed by atoms with van der Waals surface area (Å²) >= 11 is 5.75. The van der Waals surface area contributed by atoms with E-state index in [-0.39, 0.29) is 16.5 Å². The van der Waals surface area contributed by atoms with Gasteiger partial charge in [-0.2, -0.15) is 0 Å². The van der Waals surface area contributed by atoms with Gasteiger partial charge in [-0.3, -0.25) is 4.79 Å². The zero-order valence-corrected chi connectivity index (χ0v) is 12.2. The Labute approximate surface area is 127 Å². The Morgan fingerprint density at radius 1 is 1.29 bits per heavy atom. The number of nitrogens with one attached hydrogen (secondary N) is 1. The van der Waals surface area contributed by atoms with E-state index in [1.54, 1.807) is 0 Å². The molecule has 2 rings (SSSR count). The molecule has 1 unspecified atom stereocenters. The van der Waals surface area contributed by atoms with E-state index in [0.717, 1.165) is 38.2 Å². The lowest BCUT2D eigenvalue weighted by atomic mass is 9.84. The molecule has 1 amide bonds. The number of carbonyl (C=O) groups excluding carboxylic acids is 1. The van der Waals surface area contributed by atoms with Crippen LogP contribution in [-0.2, 0) is 4.79 Å². The number of aliphatic carboxylic acids is 1. The van der Waals surface area contributed by atoms with E-state index in [1.165, 1.54) is 12.1 Å². The number of hydrogen-bond donors (Lipinski definition) is 2. The molecule has 0 aliphatic heterocycles. The second kappa shape index (κ2) is 6.89. The Balaban J connectivity index is 2.14. The van der Waals surface area contributed by atoms with Crippen molar-refractivity contribution < 1.29 is 19.1 Å². The number of hydrogen-bond acceptors (Lipinski definition) is 2. The third-order valence-corrected chi connectivity index (χ3v) is 4.25. The van der Waals surface area contributed by atoms with Crippen molar-refractivity contribution in [2.45, 2.75) is 38.1 Å². The van der Waals surface area contributed by atoms with Crippen molar-refractivity contribution in [1.29, 1.82) is 0 Å². The van der Waals surface area contributed by atoms with Crippen LogP contribution in [0.1, 0.15) is 42.5 Å². The Kier molecular flexibility index (Phi) is 5.17. The summed E-state index contributed by atoms with van der Waals surface area (Å²) in [5.41, 5.74) is -0.0428. The molecule has 4 nitrogen and oxygen atoms in total. The standard InChI is InChI=1S/C15H17ClFNO3/c16-12-10(7-4-8-11(12)17)14(19)18-13(15(20)21)9-5-2-1-3-6-9/h4,7-9,13H,1-3,5-6H2,(H,18,19)(H,20,21). The van der Waals surface area contributed by atoms with Crippen molar-refractivity contribution in [3.8, 4) is 0 Å². The van der Waals surface area contributed by atoms with E-state index in [4.69, 9.17) is 11.6 Å². The average molecular weight is 314 g/mol. The molecule has 21 heavy (non-hydrogen) atoms. The number of benzene rings is 1. The average Bonchev–Trinajstić information content (AvgIpc) is 2.48. The molecule has 1 atom stereocenters. The van der Waals surface area contributed by atoms with Crippen LogP contribution in [0.2, 0.25) is 5.02 Å². The fraction of sp³-hybridized carbons (Fsp3) is 0.467. The van der Waals surface area contributed by atoms with Crippen LogP contribution < -0.4 is 5.32 Å². The van der Waals surface area contributed by atoms with Gasteiger partial charge in [-0.05, 0) is 30.9 Å². The summed E-state index contributed by atoms with van der Waals surface area (Å²) in [4.78, 5) is 23.5. The van der Waals surface area contributed by atoms with Gasteiger partial charge in [0.2, 0.25) is 0 Å². The van der Waals surface area contributed by atoms with Gasteiger partial charge in [-0.25, -0.2) is 9.18 Å². The highest BCUT2D eigenvalue weighted by molar-refractivity contribution is 6.34. The van der Waals surface area contributed by atoms with Gasteiger partial charge in [0, 0.05) is 0 Å². The SMILES string of the molecule is O=C(NC(C(=O)O)C1CCCCC1)c1cccc(F)c1Cl. The zero-order chi connectivity index (χ0) is 15.4. The molecule has 1 aliphatic carbocycles. The van der Waals surface area contributed by atoms with Crippen molar-refractivity contribution in [2.24, 2.45) is 5.92 Å². The molecule has 0 heterocycles. The van der Waals surface area contributed by atoms with Crippen LogP contribution >= 0.6 is 11.6 Å². The second-order valence-corrected chi connectivity index (χ2v) is 5.67. The molecule has 0 aromatic heterocycles. The molecule has 114 valence electrons. The van der Waals surface area contributed by atoms with Gasteiger partial charge in [0.15, 0.2) is 0 Å². The maximum atomic E-state index is 13.4. The molecule has 1 fully saturated rings. The molecule has 1 aromatic carbocycles. The third-order valence-electron chi connectivity index (χ3n) is 3.87. The minimum absolute atomic E-state index is 0.0428. The second-order valence-electron chi connectivity index (χ2n) is 5.29. The lowest BCUT2D eigenvalue weighted by molar-refractivity contribution is -0.141. The Morgan fingerprint density at radius 3 is 2.57 bits per heavy atom. The first kappa shape index (κ1) is 15.8. The Hall–Kier alpha value is -1.62. The Bertz CT molecular complexity index is 544. The van der Waals surface area contributed by atoms with E-state index < -0.39 is 23.7 Å². The number of carboxylic acid groups (broad SMARTS) is 1. The summed E-state index contributed by atoms with van der Waals surface area (Å²) in [6.07, 6.45) is 4.56. The van der Waals surface area contributed by atoms with E-state index in [9.17, 15) is 19.1 Å². The quantitative estimate of drug-likeness (QED) is 0.896. The van der Waals surface area contributed by atoms with Gasteiger partial charge in [0.1, 0.15) is 11.9 Å². The molecular weight excluding hydrogens is 297 g/mol. The molecular formula is C15H17ClFNO3. The van der Waals surface area contributed by atoms with Gasteiger partial charge < -0.3 is 10.4 Å². The molecule has 1 saturated carbocycles. The summed E-state index contributed by atoms with van der Waals surface area (Å²) in [5, 5.41) is 11.5. The fourth-order valence-corrected chi connectivity index (χ4v) is 2.96. The minimum atomic E-state index is -1.07. The fourth-order valence-electron chi connectivity index (χ4n) is 2.75. The van der Waals surface area contributed by atoms with Crippen molar-refractivity contribution in [3.05, 3.63) is 34.6 Å². The molecule has 1 aromatic rings. The van der Waals surface area contributed by atoms with Crippen molar-refractivity contribution in [1.82, 2.24) is 5.32 Å². The first-order valence-electron chi connectivity index (χ1n) is 6.98. The minimum Gasteiger partial charge on any atom is -0.480 e. The summed E-state index contributed by atoms with van der Waals surface area (Å²) in [6.45, 7) is 0. The summed E-state index contributed by atoms with van der Waals surface area (Å²) in [6, 6.07) is 2.93. The van der Waals surface area contributed by atoms with Gasteiger partial charge in [0.25, 0.3) is 5.91 Å².